The summed E-state index contributed by atoms with van der Waals surface area (Å²) in [6.07, 6.45) is 8.55. The molecule has 0 aromatic rings. The van der Waals surface area contributed by atoms with Crippen molar-refractivity contribution in [2.75, 3.05) is 6.54 Å². The molecular formula is C11H24ClN. The van der Waals surface area contributed by atoms with Gasteiger partial charge in [0.1, 0.15) is 0 Å². The Bertz CT molecular complexity index is 126. The average molecular weight is 206 g/mol. The highest BCUT2D eigenvalue weighted by molar-refractivity contribution is 5.85. The molecule has 1 saturated carbocycles. The molecule has 13 heavy (non-hydrogen) atoms. The standard InChI is InChI=1S/C11H23N.ClH/c1-11(2,9-12)10-7-5-3-4-6-8-10;/h10H,3-9,12H2,1-2H3;1H. The fraction of sp³-hybridized carbons (Fsp3) is 1.00. The van der Waals surface area contributed by atoms with E-state index in [9.17, 15) is 0 Å². The van der Waals surface area contributed by atoms with Gasteiger partial charge in [0, 0.05) is 0 Å². The lowest BCUT2D eigenvalue weighted by molar-refractivity contribution is 0.198. The molecule has 0 atom stereocenters. The van der Waals surface area contributed by atoms with Gasteiger partial charge in [-0.25, -0.2) is 0 Å². The van der Waals surface area contributed by atoms with E-state index in [1.165, 1.54) is 38.5 Å². The Balaban J connectivity index is 0.00000144. The molecule has 1 rings (SSSR count). The zero-order valence-electron chi connectivity index (χ0n) is 9.01. The number of halogens is 1. The molecule has 0 amide bonds. The molecule has 1 fully saturated rings. The van der Waals surface area contributed by atoms with Crippen molar-refractivity contribution in [3.8, 4) is 0 Å². The van der Waals surface area contributed by atoms with Crippen LogP contribution in [0.3, 0.4) is 0 Å². The van der Waals surface area contributed by atoms with Gasteiger partial charge in [-0.1, -0.05) is 39.5 Å². The van der Waals surface area contributed by atoms with Gasteiger partial charge in [-0.2, -0.15) is 0 Å². The third kappa shape index (κ3) is 3.86. The first kappa shape index (κ1) is 13.2. The molecule has 0 bridgehead atoms. The number of hydrogen-bond donors (Lipinski definition) is 1. The topological polar surface area (TPSA) is 26.0 Å². The quantitative estimate of drug-likeness (QED) is 0.688. The first-order valence-corrected chi connectivity index (χ1v) is 5.37. The highest BCUT2D eigenvalue weighted by Crippen LogP contribution is 2.36. The zero-order chi connectivity index (χ0) is 9.03. The van der Waals surface area contributed by atoms with Crippen LogP contribution in [0.2, 0.25) is 0 Å². The molecule has 1 nitrogen and oxygen atoms in total. The van der Waals surface area contributed by atoms with Crippen LogP contribution in [0, 0.1) is 11.3 Å². The molecule has 0 spiro atoms. The van der Waals surface area contributed by atoms with Crippen molar-refractivity contribution in [2.45, 2.75) is 52.4 Å². The van der Waals surface area contributed by atoms with Crippen molar-refractivity contribution in [1.29, 1.82) is 0 Å². The third-order valence-corrected chi connectivity index (χ3v) is 3.49. The Morgan fingerprint density at radius 2 is 1.54 bits per heavy atom. The molecular weight excluding hydrogens is 182 g/mol. The molecule has 2 heteroatoms. The summed E-state index contributed by atoms with van der Waals surface area (Å²) in [5, 5.41) is 0. The monoisotopic (exact) mass is 205 g/mol. The van der Waals surface area contributed by atoms with Crippen LogP contribution in [-0.2, 0) is 0 Å². The summed E-state index contributed by atoms with van der Waals surface area (Å²) in [5.41, 5.74) is 6.17. The van der Waals surface area contributed by atoms with E-state index in [1.54, 1.807) is 0 Å². The van der Waals surface area contributed by atoms with Gasteiger partial charge in [-0.05, 0) is 30.7 Å². The molecule has 0 aromatic carbocycles. The first-order valence-electron chi connectivity index (χ1n) is 5.37. The van der Waals surface area contributed by atoms with Gasteiger partial charge < -0.3 is 5.73 Å². The number of rotatable bonds is 2. The maximum Gasteiger partial charge on any atom is -0.00232 e. The summed E-state index contributed by atoms with van der Waals surface area (Å²) in [5.74, 6) is 0.880. The Kier molecular flexibility index (Phi) is 5.98. The molecule has 1 aliphatic carbocycles. The van der Waals surface area contributed by atoms with Crippen molar-refractivity contribution in [3.05, 3.63) is 0 Å². The Labute approximate surface area is 88.9 Å². The van der Waals surface area contributed by atoms with Gasteiger partial charge in [-0.3, -0.25) is 0 Å². The van der Waals surface area contributed by atoms with E-state index >= 15 is 0 Å². The summed E-state index contributed by atoms with van der Waals surface area (Å²) in [7, 11) is 0. The maximum atomic E-state index is 5.79. The van der Waals surface area contributed by atoms with Gasteiger partial charge in [0.15, 0.2) is 0 Å². The molecule has 0 aromatic heterocycles. The van der Waals surface area contributed by atoms with Gasteiger partial charge in [0.25, 0.3) is 0 Å². The lowest BCUT2D eigenvalue weighted by atomic mass is 9.75. The van der Waals surface area contributed by atoms with Crippen molar-refractivity contribution < 1.29 is 0 Å². The van der Waals surface area contributed by atoms with E-state index in [-0.39, 0.29) is 12.4 Å². The van der Waals surface area contributed by atoms with Gasteiger partial charge in [0.2, 0.25) is 0 Å². The first-order chi connectivity index (χ1) is 5.67. The van der Waals surface area contributed by atoms with Gasteiger partial charge in [-0.15, -0.1) is 12.4 Å². The van der Waals surface area contributed by atoms with Gasteiger partial charge in [0.05, 0.1) is 0 Å². The molecule has 2 N–H and O–H groups in total. The molecule has 0 heterocycles. The second-order valence-electron chi connectivity index (χ2n) is 4.88. The molecule has 0 saturated heterocycles. The van der Waals surface area contributed by atoms with E-state index in [0.717, 1.165) is 12.5 Å². The minimum Gasteiger partial charge on any atom is -0.330 e. The van der Waals surface area contributed by atoms with E-state index in [2.05, 4.69) is 13.8 Å². The van der Waals surface area contributed by atoms with Crippen LogP contribution in [0.1, 0.15) is 52.4 Å². The highest BCUT2D eigenvalue weighted by atomic mass is 35.5. The SMILES string of the molecule is CC(C)(CN)C1CCCCCC1.Cl. The second-order valence-corrected chi connectivity index (χ2v) is 4.88. The van der Waals surface area contributed by atoms with Crippen LogP contribution in [-0.4, -0.2) is 6.54 Å². The molecule has 1 aliphatic rings. The lowest BCUT2D eigenvalue weighted by Crippen LogP contribution is -2.32. The largest absolute Gasteiger partial charge is 0.330 e. The smallest absolute Gasteiger partial charge is 0.00232 e. The van der Waals surface area contributed by atoms with Crippen molar-refractivity contribution >= 4 is 12.4 Å². The highest BCUT2D eigenvalue weighted by Gasteiger charge is 2.27. The van der Waals surface area contributed by atoms with E-state index < -0.39 is 0 Å². The van der Waals surface area contributed by atoms with Crippen LogP contribution in [0.5, 0.6) is 0 Å². The molecule has 80 valence electrons. The molecule has 0 radical (unpaired) electrons. The Morgan fingerprint density at radius 3 is 1.92 bits per heavy atom. The normalized spacial score (nSPS) is 20.5. The minimum atomic E-state index is 0. The van der Waals surface area contributed by atoms with E-state index in [1.807, 2.05) is 0 Å². The average Bonchev–Trinajstić information content (AvgIpc) is 2.32. The molecule has 0 aliphatic heterocycles. The summed E-state index contributed by atoms with van der Waals surface area (Å²) < 4.78 is 0. The van der Waals surface area contributed by atoms with Crippen LogP contribution in [0.25, 0.3) is 0 Å². The summed E-state index contributed by atoms with van der Waals surface area (Å²) in [4.78, 5) is 0. The Hall–Kier alpha value is 0.250. The predicted octanol–water partition coefficient (Wildman–Crippen LogP) is 3.36. The van der Waals surface area contributed by atoms with Crippen LogP contribution >= 0.6 is 12.4 Å². The van der Waals surface area contributed by atoms with Gasteiger partial charge >= 0.3 is 0 Å². The van der Waals surface area contributed by atoms with Crippen LogP contribution < -0.4 is 5.73 Å². The lowest BCUT2D eigenvalue weighted by Gasteiger charge is -2.32. The third-order valence-electron chi connectivity index (χ3n) is 3.49. The van der Waals surface area contributed by atoms with E-state index in [0.29, 0.717) is 5.41 Å². The second kappa shape index (κ2) is 5.87. The maximum absolute atomic E-state index is 5.79. The van der Waals surface area contributed by atoms with Crippen LogP contribution in [0.15, 0.2) is 0 Å². The number of hydrogen-bond acceptors (Lipinski definition) is 1. The zero-order valence-corrected chi connectivity index (χ0v) is 9.83. The van der Waals surface area contributed by atoms with Crippen molar-refractivity contribution in [3.63, 3.8) is 0 Å². The van der Waals surface area contributed by atoms with Crippen LogP contribution in [0.4, 0.5) is 0 Å². The molecule has 0 unspecified atom stereocenters. The summed E-state index contributed by atoms with van der Waals surface area (Å²) in [6, 6.07) is 0. The van der Waals surface area contributed by atoms with Crippen molar-refractivity contribution in [1.82, 2.24) is 0 Å². The summed E-state index contributed by atoms with van der Waals surface area (Å²) in [6.45, 7) is 5.49. The fourth-order valence-corrected chi connectivity index (χ4v) is 2.23. The fourth-order valence-electron chi connectivity index (χ4n) is 2.23. The predicted molar refractivity (Wildman–Crippen MR) is 61.3 cm³/mol. The summed E-state index contributed by atoms with van der Waals surface area (Å²) >= 11 is 0. The minimum absolute atomic E-state index is 0. The number of nitrogens with two attached hydrogens (primary N) is 1. The van der Waals surface area contributed by atoms with Crippen molar-refractivity contribution in [2.24, 2.45) is 17.1 Å². The Morgan fingerprint density at radius 1 is 1.08 bits per heavy atom. The van der Waals surface area contributed by atoms with E-state index in [4.69, 9.17) is 5.73 Å².